The minimum atomic E-state index is -3.66. The number of anilines is 2. The van der Waals surface area contributed by atoms with Gasteiger partial charge in [0, 0.05) is 18.1 Å². The molecule has 9 heteroatoms. The summed E-state index contributed by atoms with van der Waals surface area (Å²) < 4.78 is 32.2. The molecule has 0 unspecified atom stereocenters. The molecular formula is C20H21N3O4S2. The predicted octanol–water partition coefficient (Wildman–Crippen LogP) is 3.60. The molecule has 0 saturated heterocycles. The van der Waals surface area contributed by atoms with Crippen molar-refractivity contribution in [1.82, 2.24) is 4.98 Å². The molecule has 0 aliphatic rings. The highest BCUT2D eigenvalue weighted by Crippen LogP contribution is 2.24. The molecule has 29 heavy (non-hydrogen) atoms. The quantitative estimate of drug-likeness (QED) is 0.617. The fourth-order valence-electron chi connectivity index (χ4n) is 2.48. The molecule has 0 bridgehead atoms. The summed E-state index contributed by atoms with van der Waals surface area (Å²) in [5, 5.41) is 3.18. The molecule has 0 radical (unpaired) electrons. The number of rotatable bonds is 7. The Labute approximate surface area is 174 Å². The molecule has 0 spiro atoms. The van der Waals surface area contributed by atoms with Crippen molar-refractivity contribution in [2.75, 3.05) is 23.3 Å². The van der Waals surface area contributed by atoms with Crippen molar-refractivity contribution >= 4 is 38.1 Å². The molecule has 2 aromatic carbocycles. The van der Waals surface area contributed by atoms with Gasteiger partial charge in [0.05, 0.1) is 10.6 Å². The number of sulfonamides is 1. The molecule has 0 aliphatic heterocycles. The van der Waals surface area contributed by atoms with Gasteiger partial charge in [0.25, 0.3) is 15.9 Å². The van der Waals surface area contributed by atoms with Crippen LogP contribution < -0.4 is 14.4 Å². The van der Waals surface area contributed by atoms with Crippen molar-refractivity contribution in [3.8, 4) is 5.75 Å². The number of nitrogens with zero attached hydrogens (tertiary/aromatic N) is 2. The Balaban J connectivity index is 1.61. The first-order chi connectivity index (χ1) is 13.8. The highest BCUT2D eigenvalue weighted by atomic mass is 32.2. The summed E-state index contributed by atoms with van der Waals surface area (Å²) >= 11 is 1.38. The van der Waals surface area contributed by atoms with Crippen LogP contribution in [0.4, 0.5) is 10.8 Å². The molecule has 1 N–H and O–H groups in total. The van der Waals surface area contributed by atoms with E-state index in [0.717, 1.165) is 10.4 Å². The Kier molecular flexibility index (Phi) is 6.19. The zero-order valence-electron chi connectivity index (χ0n) is 16.2. The first-order valence-electron chi connectivity index (χ1n) is 8.76. The lowest BCUT2D eigenvalue weighted by Gasteiger charge is -2.20. The monoisotopic (exact) mass is 431 g/mol. The van der Waals surface area contributed by atoms with E-state index in [1.54, 1.807) is 54.7 Å². The van der Waals surface area contributed by atoms with Crippen molar-refractivity contribution < 1.29 is 17.9 Å². The van der Waals surface area contributed by atoms with Crippen LogP contribution in [0, 0.1) is 13.8 Å². The zero-order valence-corrected chi connectivity index (χ0v) is 17.9. The van der Waals surface area contributed by atoms with Gasteiger partial charge < -0.3 is 4.74 Å². The van der Waals surface area contributed by atoms with Gasteiger partial charge >= 0.3 is 0 Å². The van der Waals surface area contributed by atoms with E-state index in [1.165, 1.54) is 22.7 Å². The number of aryl methyl sites for hydroxylation is 2. The molecule has 3 aromatic rings. The maximum absolute atomic E-state index is 12.8. The molecule has 1 aromatic heterocycles. The lowest BCUT2D eigenvalue weighted by Crippen LogP contribution is -2.26. The second-order valence-electron chi connectivity index (χ2n) is 6.39. The van der Waals surface area contributed by atoms with Crippen LogP contribution in [0.3, 0.4) is 0 Å². The number of thiazole rings is 1. The number of carbonyl (C=O) groups is 1. The average molecular weight is 432 g/mol. The van der Waals surface area contributed by atoms with Crippen LogP contribution in [-0.4, -0.2) is 33.0 Å². The van der Waals surface area contributed by atoms with Gasteiger partial charge in [-0.15, -0.1) is 11.3 Å². The topological polar surface area (TPSA) is 88.6 Å². The zero-order chi connectivity index (χ0) is 21.0. The molecule has 7 nitrogen and oxygen atoms in total. The maximum atomic E-state index is 12.8. The number of carbonyl (C=O) groups excluding carboxylic acids is 1. The van der Waals surface area contributed by atoms with Crippen LogP contribution in [0.1, 0.15) is 10.4 Å². The fraction of sp³-hybridized carbons (Fsp3) is 0.200. The van der Waals surface area contributed by atoms with Gasteiger partial charge in [0.1, 0.15) is 5.75 Å². The second kappa shape index (κ2) is 8.62. The Morgan fingerprint density at radius 2 is 1.76 bits per heavy atom. The van der Waals surface area contributed by atoms with Crippen molar-refractivity contribution in [3.63, 3.8) is 0 Å². The van der Waals surface area contributed by atoms with Gasteiger partial charge in [-0.25, -0.2) is 13.4 Å². The summed E-state index contributed by atoms with van der Waals surface area (Å²) in [6.07, 6.45) is 1.68. The molecule has 3 rings (SSSR count). The minimum absolute atomic E-state index is 0.171. The van der Waals surface area contributed by atoms with Gasteiger partial charge in [-0.05, 0) is 50.2 Å². The number of ether oxygens (including phenoxy) is 1. The van der Waals surface area contributed by atoms with Gasteiger partial charge in [0.2, 0.25) is 0 Å². The smallest absolute Gasteiger partial charge is 0.264 e. The average Bonchev–Trinajstić information content (AvgIpc) is 3.11. The third-order valence-electron chi connectivity index (χ3n) is 4.12. The Morgan fingerprint density at radius 3 is 2.34 bits per heavy atom. The summed E-state index contributed by atoms with van der Waals surface area (Å²) in [5.74, 6) is 0.142. The number of hydrogen-bond donors (Lipinski definition) is 1. The molecule has 1 heterocycles. The predicted molar refractivity (Wildman–Crippen MR) is 114 cm³/mol. The van der Waals surface area contributed by atoms with E-state index in [-0.39, 0.29) is 17.4 Å². The molecular weight excluding hydrogens is 410 g/mol. The summed E-state index contributed by atoms with van der Waals surface area (Å²) in [7, 11) is -2.16. The molecule has 0 aliphatic carbocycles. The van der Waals surface area contributed by atoms with Crippen LogP contribution in [0.15, 0.2) is 59.6 Å². The molecule has 0 atom stereocenters. The van der Waals surface area contributed by atoms with Crippen LogP contribution in [0.5, 0.6) is 5.75 Å². The van der Waals surface area contributed by atoms with Gasteiger partial charge in [-0.1, -0.05) is 17.7 Å². The maximum Gasteiger partial charge on any atom is 0.264 e. The molecule has 0 fully saturated rings. The van der Waals surface area contributed by atoms with Gasteiger partial charge in [-0.3, -0.25) is 14.4 Å². The lowest BCUT2D eigenvalue weighted by molar-refractivity contribution is -0.118. The first kappa shape index (κ1) is 20.8. The largest absolute Gasteiger partial charge is 0.484 e. The van der Waals surface area contributed by atoms with Gasteiger partial charge in [-0.2, -0.15) is 0 Å². The number of aromatic nitrogens is 1. The number of amides is 1. The SMILES string of the molecule is Cc1ccc(S(=O)(=O)N(C)c2ccc(OCC(=O)Nc3ncc(C)s3)cc2)cc1. The Hall–Kier alpha value is -2.91. The van der Waals surface area contributed by atoms with E-state index in [0.29, 0.717) is 16.6 Å². The first-order valence-corrected chi connectivity index (χ1v) is 11.0. The van der Waals surface area contributed by atoms with Crippen LogP contribution in [0.25, 0.3) is 0 Å². The second-order valence-corrected chi connectivity index (χ2v) is 9.60. The number of hydrogen-bond acceptors (Lipinski definition) is 6. The van der Waals surface area contributed by atoms with E-state index in [9.17, 15) is 13.2 Å². The Bertz CT molecular complexity index is 1090. The van der Waals surface area contributed by atoms with E-state index >= 15 is 0 Å². The van der Waals surface area contributed by atoms with Crippen molar-refractivity contribution in [1.29, 1.82) is 0 Å². The van der Waals surface area contributed by atoms with Crippen LogP contribution in [-0.2, 0) is 14.8 Å². The standard InChI is InChI=1S/C20H21N3O4S2/c1-14-4-10-18(11-5-14)29(25,26)23(3)16-6-8-17(9-7-16)27-13-19(24)22-20-21-12-15(2)28-20/h4-12H,13H2,1-3H3,(H,21,22,24). The summed E-state index contributed by atoms with van der Waals surface area (Å²) in [4.78, 5) is 17.2. The van der Waals surface area contributed by atoms with Crippen LogP contribution in [0.2, 0.25) is 0 Å². The van der Waals surface area contributed by atoms with Crippen molar-refractivity contribution in [2.45, 2.75) is 18.7 Å². The van der Waals surface area contributed by atoms with E-state index in [2.05, 4.69) is 10.3 Å². The summed E-state index contributed by atoms with van der Waals surface area (Å²) in [5.41, 5.74) is 1.47. The molecule has 152 valence electrons. The Morgan fingerprint density at radius 1 is 1.10 bits per heavy atom. The summed E-state index contributed by atoms with van der Waals surface area (Å²) in [6.45, 7) is 3.63. The van der Waals surface area contributed by atoms with Crippen molar-refractivity contribution in [2.24, 2.45) is 0 Å². The van der Waals surface area contributed by atoms with Gasteiger partial charge in [0.15, 0.2) is 11.7 Å². The number of nitrogens with one attached hydrogen (secondary N) is 1. The highest BCUT2D eigenvalue weighted by Gasteiger charge is 2.21. The molecule has 1 amide bonds. The highest BCUT2D eigenvalue weighted by molar-refractivity contribution is 7.92. The lowest BCUT2D eigenvalue weighted by atomic mass is 10.2. The van der Waals surface area contributed by atoms with E-state index in [1.807, 2.05) is 13.8 Å². The third-order valence-corrected chi connectivity index (χ3v) is 6.75. The fourth-order valence-corrected chi connectivity index (χ4v) is 4.35. The third kappa shape index (κ3) is 5.12. The van der Waals surface area contributed by atoms with E-state index in [4.69, 9.17) is 4.74 Å². The van der Waals surface area contributed by atoms with Crippen LogP contribution >= 0.6 is 11.3 Å². The summed E-state index contributed by atoms with van der Waals surface area (Å²) in [6, 6.07) is 13.2. The normalized spacial score (nSPS) is 11.1. The van der Waals surface area contributed by atoms with Crippen molar-refractivity contribution in [3.05, 3.63) is 65.2 Å². The van der Waals surface area contributed by atoms with E-state index < -0.39 is 10.0 Å². The molecule has 0 saturated carbocycles. The number of benzene rings is 2. The minimum Gasteiger partial charge on any atom is -0.484 e.